The maximum atomic E-state index is 12.7. The van der Waals surface area contributed by atoms with Gasteiger partial charge in [0.25, 0.3) is 5.91 Å². The number of nitrogens with one attached hydrogen (secondary N) is 1. The predicted octanol–water partition coefficient (Wildman–Crippen LogP) is 3.03. The second kappa shape index (κ2) is 7.09. The zero-order chi connectivity index (χ0) is 17.9. The van der Waals surface area contributed by atoms with Crippen molar-refractivity contribution in [3.8, 4) is 0 Å². The molecular formula is C20H20N4O2. The number of morpholine rings is 1. The molecule has 3 heterocycles. The minimum atomic E-state index is -0.179. The third kappa shape index (κ3) is 3.36. The first kappa shape index (κ1) is 16.5. The number of anilines is 2. The van der Waals surface area contributed by atoms with Gasteiger partial charge in [0, 0.05) is 18.5 Å². The molecule has 132 valence electrons. The van der Waals surface area contributed by atoms with Crippen molar-refractivity contribution in [3.63, 3.8) is 0 Å². The van der Waals surface area contributed by atoms with Crippen LogP contribution in [0.15, 0.2) is 48.7 Å². The molecule has 2 aromatic heterocycles. The molecule has 1 aliphatic heterocycles. The second-order valence-corrected chi connectivity index (χ2v) is 6.27. The molecule has 1 aliphatic rings. The van der Waals surface area contributed by atoms with E-state index in [0.717, 1.165) is 29.8 Å². The number of carbonyl (C=O) groups is 1. The van der Waals surface area contributed by atoms with Gasteiger partial charge in [-0.25, -0.2) is 4.98 Å². The lowest BCUT2D eigenvalue weighted by Gasteiger charge is -2.27. The molecule has 0 aliphatic carbocycles. The number of rotatable bonds is 3. The van der Waals surface area contributed by atoms with Crippen molar-refractivity contribution in [2.24, 2.45) is 0 Å². The van der Waals surface area contributed by atoms with Crippen LogP contribution in [0.1, 0.15) is 16.1 Å². The Morgan fingerprint density at radius 3 is 2.73 bits per heavy atom. The summed E-state index contributed by atoms with van der Waals surface area (Å²) >= 11 is 0. The first-order valence-corrected chi connectivity index (χ1v) is 8.67. The van der Waals surface area contributed by atoms with E-state index in [9.17, 15) is 4.79 Å². The van der Waals surface area contributed by atoms with Gasteiger partial charge in [-0.2, -0.15) is 0 Å². The van der Waals surface area contributed by atoms with E-state index < -0.39 is 0 Å². The number of fused-ring (bicyclic) bond motifs is 1. The summed E-state index contributed by atoms with van der Waals surface area (Å²) in [5, 5.41) is 3.86. The molecule has 1 saturated heterocycles. The Bertz CT molecular complexity index is 934. The summed E-state index contributed by atoms with van der Waals surface area (Å²) < 4.78 is 5.36. The van der Waals surface area contributed by atoms with Crippen LogP contribution in [0.5, 0.6) is 0 Å². The Morgan fingerprint density at radius 1 is 1.15 bits per heavy atom. The molecule has 1 amide bonds. The molecule has 0 unspecified atom stereocenters. The predicted molar refractivity (Wildman–Crippen MR) is 102 cm³/mol. The normalized spacial score (nSPS) is 14.4. The molecule has 1 fully saturated rings. The average molecular weight is 348 g/mol. The maximum absolute atomic E-state index is 12.7. The average Bonchev–Trinajstić information content (AvgIpc) is 2.68. The van der Waals surface area contributed by atoms with Crippen LogP contribution in [0.3, 0.4) is 0 Å². The molecule has 0 spiro atoms. The number of carbonyl (C=O) groups excluding carboxylic acids is 1. The van der Waals surface area contributed by atoms with Gasteiger partial charge in [-0.05, 0) is 31.2 Å². The summed E-state index contributed by atoms with van der Waals surface area (Å²) in [6, 6.07) is 13.5. The summed E-state index contributed by atoms with van der Waals surface area (Å²) in [6.07, 6.45) is 1.69. The molecule has 4 rings (SSSR count). The molecule has 0 radical (unpaired) electrons. The lowest BCUT2D eigenvalue weighted by Crippen LogP contribution is -2.36. The highest BCUT2D eigenvalue weighted by Crippen LogP contribution is 2.19. The fourth-order valence-electron chi connectivity index (χ4n) is 3.08. The number of hydrogen-bond acceptors (Lipinski definition) is 5. The summed E-state index contributed by atoms with van der Waals surface area (Å²) in [4.78, 5) is 23.8. The van der Waals surface area contributed by atoms with Gasteiger partial charge < -0.3 is 15.0 Å². The van der Waals surface area contributed by atoms with Crippen LogP contribution < -0.4 is 10.2 Å². The standard InChI is InChI=1S/C20H20N4O2/c1-14-17(12-15-4-2-3-5-18(15)22-14)20(25)23-16-6-7-19(21-13-16)24-8-10-26-11-9-24/h2-7,12-13H,8-11H2,1H3,(H,23,25). The van der Waals surface area contributed by atoms with Crippen molar-refractivity contribution in [2.45, 2.75) is 6.92 Å². The van der Waals surface area contributed by atoms with Crippen molar-refractivity contribution >= 4 is 28.3 Å². The Labute approximate surface area is 151 Å². The number of para-hydroxylation sites is 1. The van der Waals surface area contributed by atoms with Gasteiger partial charge in [-0.1, -0.05) is 18.2 Å². The van der Waals surface area contributed by atoms with Crippen molar-refractivity contribution in [2.75, 3.05) is 36.5 Å². The molecular weight excluding hydrogens is 328 g/mol. The van der Waals surface area contributed by atoms with Gasteiger partial charge >= 0.3 is 0 Å². The monoisotopic (exact) mass is 348 g/mol. The van der Waals surface area contributed by atoms with Crippen LogP contribution in [-0.2, 0) is 4.74 Å². The molecule has 6 nitrogen and oxygen atoms in total. The first-order valence-electron chi connectivity index (χ1n) is 8.67. The zero-order valence-corrected chi connectivity index (χ0v) is 14.6. The van der Waals surface area contributed by atoms with E-state index in [-0.39, 0.29) is 5.91 Å². The Morgan fingerprint density at radius 2 is 1.96 bits per heavy atom. The molecule has 6 heteroatoms. The summed E-state index contributed by atoms with van der Waals surface area (Å²) in [6.45, 7) is 4.95. The van der Waals surface area contributed by atoms with E-state index in [1.54, 1.807) is 6.20 Å². The number of aryl methyl sites for hydroxylation is 1. The van der Waals surface area contributed by atoms with E-state index in [2.05, 4.69) is 20.2 Å². The van der Waals surface area contributed by atoms with Gasteiger partial charge in [0.2, 0.25) is 0 Å². The number of benzene rings is 1. The van der Waals surface area contributed by atoms with Crippen LogP contribution in [-0.4, -0.2) is 42.2 Å². The van der Waals surface area contributed by atoms with Gasteiger partial charge in [0.05, 0.1) is 41.9 Å². The van der Waals surface area contributed by atoms with Crippen molar-refractivity contribution in [1.82, 2.24) is 9.97 Å². The largest absolute Gasteiger partial charge is 0.378 e. The van der Waals surface area contributed by atoms with E-state index in [4.69, 9.17) is 4.74 Å². The van der Waals surface area contributed by atoms with Crippen LogP contribution in [0, 0.1) is 6.92 Å². The lowest BCUT2D eigenvalue weighted by molar-refractivity contribution is 0.102. The maximum Gasteiger partial charge on any atom is 0.257 e. The van der Waals surface area contributed by atoms with Crippen LogP contribution in [0.4, 0.5) is 11.5 Å². The molecule has 0 saturated carbocycles. The fourth-order valence-corrected chi connectivity index (χ4v) is 3.08. The number of amides is 1. The molecule has 26 heavy (non-hydrogen) atoms. The Hall–Kier alpha value is -2.99. The molecule has 3 aromatic rings. The van der Waals surface area contributed by atoms with Crippen molar-refractivity contribution in [3.05, 3.63) is 59.9 Å². The minimum Gasteiger partial charge on any atom is -0.378 e. The lowest BCUT2D eigenvalue weighted by atomic mass is 10.1. The highest BCUT2D eigenvalue weighted by atomic mass is 16.5. The van der Waals surface area contributed by atoms with E-state index in [1.165, 1.54) is 0 Å². The summed E-state index contributed by atoms with van der Waals surface area (Å²) in [7, 11) is 0. The van der Waals surface area contributed by atoms with Gasteiger partial charge in [0.15, 0.2) is 0 Å². The van der Waals surface area contributed by atoms with Crippen molar-refractivity contribution < 1.29 is 9.53 Å². The Balaban J connectivity index is 1.51. The Kier molecular flexibility index (Phi) is 4.50. The first-order chi connectivity index (χ1) is 12.7. The molecule has 0 atom stereocenters. The third-order valence-corrected chi connectivity index (χ3v) is 4.50. The topological polar surface area (TPSA) is 67.4 Å². The zero-order valence-electron chi connectivity index (χ0n) is 14.6. The smallest absolute Gasteiger partial charge is 0.257 e. The minimum absolute atomic E-state index is 0.179. The number of ether oxygens (including phenoxy) is 1. The van der Waals surface area contributed by atoms with Crippen LogP contribution >= 0.6 is 0 Å². The van der Waals surface area contributed by atoms with Gasteiger partial charge in [0.1, 0.15) is 5.82 Å². The number of pyridine rings is 2. The van der Waals surface area contributed by atoms with Gasteiger partial charge in [-0.15, -0.1) is 0 Å². The highest BCUT2D eigenvalue weighted by molar-refractivity contribution is 6.06. The quantitative estimate of drug-likeness (QED) is 0.788. The van der Waals surface area contributed by atoms with E-state index in [1.807, 2.05) is 49.4 Å². The van der Waals surface area contributed by atoms with Crippen LogP contribution in [0.2, 0.25) is 0 Å². The molecule has 1 aromatic carbocycles. The highest BCUT2D eigenvalue weighted by Gasteiger charge is 2.14. The number of aromatic nitrogens is 2. The summed E-state index contributed by atoms with van der Waals surface area (Å²) in [5.74, 6) is 0.719. The molecule has 1 N–H and O–H groups in total. The summed E-state index contributed by atoms with van der Waals surface area (Å²) in [5.41, 5.74) is 2.83. The van der Waals surface area contributed by atoms with Gasteiger partial charge in [-0.3, -0.25) is 9.78 Å². The van der Waals surface area contributed by atoms with Crippen molar-refractivity contribution in [1.29, 1.82) is 0 Å². The molecule has 0 bridgehead atoms. The van der Waals surface area contributed by atoms with E-state index >= 15 is 0 Å². The number of nitrogens with zero attached hydrogens (tertiary/aromatic N) is 3. The second-order valence-electron chi connectivity index (χ2n) is 6.27. The van der Waals surface area contributed by atoms with Crippen LogP contribution in [0.25, 0.3) is 10.9 Å². The number of hydrogen-bond donors (Lipinski definition) is 1. The SMILES string of the molecule is Cc1nc2ccccc2cc1C(=O)Nc1ccc(N2CCOCC2)nc1. The third-order valence-electron chi connectivity index (χ3n) is 4.50. The van der Waals surface area contributed by atoms with E-state index in [0.29, 0.717) is 30.2 Å². The fraction of sp³-hybridized carbons (Fsp3) is 0.250.